The Balaban J connectivity index is 2.25. The minimum atomic E-state index is -4.19. The summed E-state index contributed by atoms with van der Waals surface area (Å²) >= 11 is 0. The van der Waals surface area contributed by atoms with Gasteiger partial charge in [0, 0.05) is 6.07 Å². The SMILES string of the molecule is COc1cc2c(OS(=O)(=O)c3c(C(C)C)cc(C(C)C)cc3C(C)C)nc(C)nc2cn1. The Kier molecular flexibility index (Phi) is 6.74. The number of nitrogens with zero attached hydrogens (tertiary/aromatic N) is 3. The fraction of sp³-hybridized carbons (Fsp3) is 0.458. The third-order valence-corrected chi connectivity index (χ3v) is 6.71. The Morgan fingerprint density at radius 1 is 0.875 bits per heavy atom. The molecule has 3 rings (SSSR count). The minimum absolute atomic E-state index is 0.00671. The summed E-state index contributed by atoms with van der Waals surface area (Å²) in [7, 11) is -2.70. The normalized spacial score (nSPS) is 12.2. The molecule has 0 spiro atoms. The zero-order chi connectivity index (χ0) is 23.8. The molecule has 0 atom stereocenters. The van der Waals surface area contributed by atoms with Crippen LogP contribution in [-0.4, -0.2) is 30.5 Å². The molecule has 3 aromatic rings. The van der Waals surface area contributed by atoms with Crippen LogP contribution in [0.4, 0.5) is 0 Å². The highest BCUT2D eigenvalue weighted by atomic mass is 32.2. The maximum Gasteiger partial charge on any atom is 0.341 e. The molecule has 8 heteroatoms. The van der Waals surface area contributed by atoms with Gasteiger partial charge in [-0.15, -0.1) is 0 Å². The lowest BCUT2D eigenvalue weighted by Gasteiger charge is -2.22. The predicted molar refractivity (Wildman–Crippen MR) is 125 cm³/mol. The van der Waals surface area contributed by atoms with E-state index in [4.69, 9.17) is 8.92 Å². The Morgan fingerprint density at radius 2 is 1.47 bits per heavy atom. The van der Waals surface area contributed by atoms with Crippen LogP contribution in [0.1, 0.15) is 81.8 Å². The van der Waals surface area contributed by atoms with Crippen molar-refractivity contribution in [2.45, 2.75) is 71.1 Å². The van der Waals surface area contributed by atoms with Gasteiger partial charge in [0.05, 0.1) is 24.2 Å². The Morgan fingerprint density at radius 3 is 1.97 bits per heavy atom. The fourth-order valence-corrected chi connectivity index (χ4v) is 5.18. The van der Waals surface area contributed by atoms with Crippen LogP contribution in [0.15, 0.2) is 29.3 Å². The molecule has 2 heterocycles. The molecule has 1 aromatic carbocycles. The predicted octanol–water partition coefficient (Wildman–Crippen LogP) is 5.48. The number of hydrogen-bond donors (Lipinski definition) is 0. The molecule has 0 aliphatic heterocycles. The number of hydrogen-bond acceptors (Lipinski definition) is 7. The lowest BCUT2D eigenvalue weighted by atomic mass is 9.89. The van der Waals surface area contributed by atoms with Gasteiger partial charge in [0.2, 0.25) is 11.8 Å². The highest BCUT2D eigenvalue weighted by Crippen LogP contribution is 2.37. The molecule has 32 heavy (non-hydrogen) atoms. The molecule has 0 aliphatic rings. The van der Waals surface area contributed by atoms with E-state index in [-0.39, 0.29) is 28.5 Å². The van der Waals surface area contributed by atoms with Crippen molar-refractivity contribution in [1.29, 1.82) is 0 Å². The van der Waals surface area contributed by atoms with Gasteiger partial charge in [-0.2, -0.15) is 13.4 Å². The topological polar surface area (TPSA) is 91.3 Å². The highest BCUT2D eigenvalue weighted by molar-refractivity contribution is 7.87. The number of aromatic nitrogens is 3. The molecule has 0 radical (unpaired) electrons. The van der Waals surface area contributed by atoms with Crippen molar-refractivity contribution in [2.24, 2.45) is 0 Å². The van der Waals surface area contributed by atoms with Crippen molar-refractivity contribution in [3.8, 4) is 11.8 Å². The molecular formula is C24H31N3O4S. The van der Waals surface area contributed by atoms with Crippen molar-refractivity contribution < 1.29 is 17.3 Å². The Hall–Kier alpha value is -2.74. The van der Waals surface area contributed by atoms with Gasteiger partial charge in [-0.1, -0.05) is 53.7 Å². The first-order chi connectivity index (χ1) is 14.9. The molecule has 0 fully saturated rings. The van der Waals surface area contributed by atoms with Crippen LogP contribution in [0.25, 0.3) is 10.9 Å². The summed E-state index contributed by atoms with van der Waals surface area (Å²) in [5.74, 6) is 0.930. The van der Waals surface area contributed by atoms with Gasteiger partial charge >= 0.3 is 10.1 Å². The van der Waals surface area contributed by atoms with Crippen LogP contribution in [0, 0.1) is 6.92 Å². The molecule has 0 amide bonds. The molecular weight excluding hydrogens is 426 g/mol. The first-order valence-electron chi connectivity index (χ1n) is 10.7. The Labute approximate surface area is 190 Å². The van der Waals surface area contributed by atoms with Gasteiger partial charge in [-0.25, -0.2) is 9.97 Å². The van der Waals surface area contributed by atoms with Gasteiger partial charge in [0.15, 0.2) is 0 Å². The molecule has 0 unspecified atom stereocenters. The van der Waals surface area contributed by atoms with Crippen molar-refractivity contribution in [3.63, 3.8) is 0 Å². The van der Waals surface area contributed by atoms with Gasteiger partial charge in [-0.05, 0) is 41.4 Å². The van der Waals surface area contributed by atoms with Crippen molar-refractivity contribution in [2.75, 3.05) is 7.11 Å². The van der Waals surface area contributed by atoms with E-state index >= 15 is 0 Å². The smallest absolute Gasteiger partial charge is 0.341 e. The van der Waals surface area contributed by atoms with E-state index in [2.05, 4.69) is 28.8 Å². The number of methoxy groups -OCH3 is 1. The molecule has 2 aromatic heterocycles. The van der Waals surface area contributed by atoms with E-state index in [9.17, 15) is 8.42 Å². The summed E-state index contributed by atoms with van der Waals surface area (Å²) in [5, 5.41) is 0.419. The number of ether oxygens (including phenoxy) is 1. The number of pyridine rings is 1. The molecule has 0 saturated carbocycles. The maximum absolute atomic E-state index is 13.7. The lowest BCUT2D eigenvalue weighted by molar-refractivity contribution is 0.398. The van der Waals surface area contributed by atoms with Crippen LogP contribution < -0.4 is 8.92 Å². The molecule has 0 aliphatic carbocycles. The Bertz CT molecular complexity index is 1220. The standard InChI is InChI=1S/C24H31N3O4S/c1-13(2)17-9-18(14(3)4)23(19(10-17)15(5)6)32(28,29)31-24-20-11-22(30-8)25-12-21(20)26-16(7)27-24/h9-15H,1-8H3. The molecule has 0 N–H and O–H groups in total. The van der Waals surface area contributed by atoms with Crippen LogP contribution in [0.5, 0.6) is 11.8 Å². The second kappa shape index (κ2) is 9.02. The van der Waals surface area contributed by atoms with Gasteiger partial charge in [-0.3, -0.25) is 0 Å². The van der Waals surface area contributed by atoms with Gasteiger partial charge < -0.3 is 8.92 Å². The maximum atomic E-state index is 13.7. The zero-order valence-electron chi connectivity index (χ0n) is 19.9. The van der Waals surface area contributed by atoms with E-state index in [0.717, 1.165) is 16.7 Å². The minimum Gasteiger partial charge on any atom is -0.481 e. The van der Waals surface area contributed by atoms with Gasteiger partial charge in [0.25, 0.3) is 0 Å². The monoisotopic (exact) mass is 457 g/mol. The molecule has 172 valence electrons. The first kappa shape index (κ1) is 23.9. The third kappa shape index (κ3) is 4.70. The van der Waals surface area contributed by atoms with E-state index in [1.54, 1.807) is 13.0 Å². The van der Waals surface area contributed by atoms with Crippen molar-refractivity contribution in [3.05, 3.63) is 46.9 Å². The summed E-state index contributed by atoms with van der Waals surface area (Å²) in [6.45, 7) is 13.8. The quantitative estimate of drug-likeness (QED) is 0.434. The average Bonchev–Trinajstić information content (AvgIpc) is 2.71. The number of aryl methyl sites for hydroxylation is 1. The van der Waals surface area contributed by atoms with Crippen LogP contribution in [0.3, 0.4) is 0 Å². The summed E-state index contributed by atoms with van der Waals surface area (Å²) < 4.78 is 38.3. The second-order valence-electron chi connectivity index (χ2n) is 8.85. The number of rotatable bonds is 7. The van der Waals surface area contributed by atoms with Crippen LogP contribution in [0.2, 0.25) is 0 Å². The van der Waals surface area contributed by atoms with Gasteiger partial charge in [0.1, 0.15) is 10.7 Å². The fourth-order valence-electron chi connectivity index (χ4n) is 3.59. The van der Waals surface area contributed by atoms with E-state index < -0.39 is 10.1 Å². The summed E-state index contributed by atoms with van der Waals surface area (Å²) in [6, 6.07) is 5.54. The highest BCUT2D eigenvalue weighted by Gasteiger charge is 2.30. The van der Waals surface area contributed by atoms with Crippen LogP contribution >= 0.6 is 0 Å². The first-order valence-corrected chi connectivity index (χ1v) is 12.2. The van der Waals surface area contributed by atoms with Crippen LogP contribution in [-0.2, 0) is 10.1 Å². The van der Waals surface area contributed by atoms with E-state index in [1.165, 1.54) is 13.3 Å². The third-order valence-electron chi connectivity index (χ3n) is 5.36. The average molecular weight is 458 g/mol. The largest absolute Gasteiger partial charge is 0.481 e. The zero-order valence-corrected chi connectivity index (χ0v) is 20.7. The van der Waals surface area contributed by atoms with E-state index in [0.29, 0.717) is 22.6 Å². The summed E-state index contributed by atoms with van der Waals surface area (Å²) in [5.41, 5.74) is 3.07. The summed E-state index contributed by atoms with van der Waals surface area (Å²) in [6.07, 6.45) is 1.51. The lowest BCUT2D eigenvalue weighted by Crippen LogP contribution is -2.18. The molecule has 0 bridgehead atoms. The molecule has 7 nitrogen and oxygen atoms in total. The van der Waals surface area contributed by atoms with E-state index in [1.807, 2.05) is 39.8 Å². The van der Waals surface area contributed by atoms with Crippen molar-refractivity contribution in [1.82, 2.24) is 15.0 Å². The second-order valence-corrected chi connectivity index (χ2v) is 10.3. The summed E-state index contributed by atoms with van der Waals surface area (Å²) in [4.78, 5) is 13.0. The molecule has 0 saturated heterocycles. The van der Waals surface area contributed by atoms with Crippen molar-refractivity contribution >= 4 is 21.0 Å². The number of fused-ring (bicyclic) bond motifs is 1. The number of benzene rings is 1.